The van der Waals surface area contributed by atoms with Crippen LogP contribution in [0, 0.1) is 13.8 Å². The SMILES string of the molecule is CNCc1[nH]c(Br)nc1-c1ccc(OC)c(C)c1C. The van der Waals surface area contributed by atoms with Crippen LogP contribution in [-0.4, -0.2) is 24.1 Å². The Balaban J connectivity index is 2.56. The minimum atomic E-state index is 0.748. The maximum absolute atomic E-state index is 5.35. The third-order valence-electron chi connectivity index (χ3n) is 3.32. The van der Waals surface area contributed by atoms with E-state index in [4.69, 9.17) is 4.74 Å². The van der Waals surface area contributed by atoms with Crippen LogP contribution >= 0.6 is 15.9 Å². The van der Waals surface area contributed by atoms with Gasteiger partial charge >= 0.3 is 0 Å². The minimum absolute atomic E-state index is 0.748. The number of hydrogen-bond acceptors (Lipinski definition) is 3. The molecule has 0 spiro atoms. The third-order valence-corrected chi connectivity index (χ3v) is 3.69. The summed E-state index contributed by atoms with van der Waals surface area (Å²) in [5, 5.41) is 3.15. The molecule has 0 aliphatic heterocycles. The zero-order valence-corrected chi connectivity index (χ0v) is 13.2. The highest BCUT2D eigenvalue weighted by Crippen LogP contribution is 2.32. The number of rotatable bonds is 4. The van der Waals surface area contributed by atoms with Gasteiger partial charge in [0, 0.05) is 12.1 Å². The van der Waals surface area contributed by atoms with E-state index in [0.29, 0.717) is 0 Å². The molecule has 1 aromatic carbocycles. The van der Waals surface area contributed by atoms with Crippen LogP contribution in [0.2, 0.25) is 0 Å². The standard InChI is InChI=1S/C14H18BrN3O/c1-8-9(2)12(19-4)6-5-10(8)13-11(7-16-3)17-14(15)18-13/h5-6,16H,7H2,1-4H3,(H,17,18). The highest BCUT2D eigenvalue weighted by Gasteiger charge is 2.15. The van der Waals surface area contributed by atoms with E-state index in [-0.39, 0.29) is 0 Å². The second kappa shape index (κ2) is 5.75. The van der Waals surface area contributed by atoms with Gasteiger partial charge in [-0.05, 0) is 60.1 Å². The second-order valence-corrected chi connectivity index (χ2v) is 5.20. The molecule has 4 nitrogen and oxygen atoms in total. The van der Waals surface area contributed by atoms with Gasteiger partial charge in [-0.2, -0.15) is 0 Å². The number of aromatic amines is 1. The van der Waals surface area contributed by atoms with Crippen LogP contribution in [0.1, 0.15) is 16.8 Å². The number of H-pyrrole nitrogens is 1. The fraction of sp³-hybridized carbons (Fsp3) is 0.357. The molecule has 1 aromatic heterocycles. The predicted octanol–water partition coefficient (Wildman–Crippen LogP) is 3.18. The molecule has 0 bridgehead atoms. The van der Waals surface area contributed by atoms with Crippen LogP contribution in [0.3, 0.4) is 0 Å². The smallest absolute Gasteiger partial charge is 0.175 e. The Bertz CT molecular complexity index is 593. The number of methoxy groups -OCH3 is 1. The Labute approximate surface area is 121 Å². The van der Waals surface area contributed by atoms with Crippen molar-refractivity contribution in [1.29, 1.82) is 0 Å². The number of benzene rings is 1. The minimum Gasteiger partial charge on any atom is -0.496 e. The molecule has 0 unspecified atom stereocenters. The zero-order chi connectivity index (χ0) is 14.0. The van der Waals surface area contributed by atoms with Crippen molar-refractivity contribution in [2.45, 2.75) is 20.4 Å². The van der Waals surface area contributed by atoms with Crippen LogP contribution in [0.5, 0.6) is 5.75 Å². The molecule has 0 aliphatic carbocycles. The first-order valence-corrected chi connectivity index (χ1v) is 6.91. The number of nitrogens with zero attached hydrogens (tertiary/aromatic N) is 1. The van der Waals surface area contributed by atoms with Crippen LogP contribution in [-0.2, 0) is 6.54 Å². The number of hydrogen-bond donors (Lipinski definition) is 2. The molecule has 0 fully saturated rings. The van der Waals surface area contributed by atoms with Crippen molar-refractivity contribution < 1.29 is 4.74 Å². The summed E-state index contributed by atoms with van der Waals surface area (Å²) >= 11 is 3.40. The Morgan fingerprint density at radius 1 is 1.32 bits per heavy atom. The van der Waals surface area contributed by atoms with E-state index in [2.05, 4.69) is 51.1 Å². The molecule has 2 aromatic rings. The number of aromatic nitrogens is 2. The molecular formula is C14H18BrN3O. The van der Waals surface area contributed by atoms with E-state index in [0.717, 1.165) is 39.5 Å². The van der Waals surface area contributed by atoms with Crippen molar-refractivity contribution in [2.24, 2.45) is 0 Å². The van der Waals surface area contributed by atoms with Crippen molar-refractivity contribution in [3.8, 4) is 17.0 Å². The molecule has 0 saturated heterocycles. The van der Waals surface area contributed by atoms with Crippen molar-refractivity contribution in [3.05, 3.63) is 33.7 Å². The lowest BCUT2D eigenvalue weighted by atomic mass is 9.99. The average Bonchev–Trinajstić information content (AvgIpc) is 2.74. The lowest BCUT2D eigenvalue weighted by Gasteiger charge is -2.12. The van der Waals surface area contributed by atoms with Crippen LogP contribution in [0.25, 0.3) is 11.3 Å². The van der Waals surface area contributed by atoms with Crippen molar-refractivity contribution in [2.75, 3.05) is 14.2 Å². The second-order valence-electron chi connectivity index (χ2n) is 4.45. The fourth-order valence-electron chi connectivity index (χ4n) is 2.18. The van der Waals surface area contributed by atoms with Gasteiger partial charge in [0.2, 0.25) is 0 Å². The van der Waals surface area contributed by atoms with Crippen molar-refractivity contribution >= 4 is 15.9 Å². The van der Waals surface area contributed by atoms with Gasteiger partial charge < -0.3 is 15.0 Å². The highest BCUT2D eigenvalue weighted by atomic mass is 79.9. The number of imidazole rings is 1. The molecule has 2 N–H and O–H groups in total. The Hall–Kier alpha value is -1.33. The van der Waals surface area contributed by atoms with Gasteiger partial charge in [0.05, 0.1) is 18.5 Å². The molecule has 0 aliphatic rings. The van der Waals surface area contributed by atoms with Crippen LogP contribution < -0.4 is 10.1 Å². The van der Waals surface area contributed by atoms with Crippen LogP contribution in [0.4, 0.5) is 0 Å². The highest BCUT2D eigenvalue weighted by molar-refractivity contribution is 9.10. The van der Waals surface area contributed by atoms with Gasteiger partial charge in [0.15, 0.2) is 4.73 Å². The molecule has 0 atom stereocenters. The molecule has 0 amide bonds. The van der Waals surface area contributed by atoms with E-state index in [9.17, 15) is 0 Å². The van der Waals surface area contributed by atoms with Gasteiger partial charge in [0.1, 0.15) is 5.75 Å². The summed E-state index contributed by atoms with van der Waals surface area (Å²) in [6.45, 7) is 4.91. The summed E-state index contributed by atoms with van der Waals surface area (Å²) in [7, 11) is 3.61. The topological polar surface area (TPSA) is 49.9 Å². The van der Waals surface area contributed by atoms with Gasteiger partial charge in [-0.3, -0.25) is 0 Å². The normalized spacial score (nSPS) is 10.8. The number of ether oxygens (including phenoxy) is 1. The quantitative estimate of drug-likeness (QED) is 0.908. The van der Waals surface area contributed by atoms with Gasteiger partial charge in [-0.15, -0.1) is 0 Å². The Morgan fingerprint density at radius 3 is 2.68 bits per heavy atom. The average molecular weight is 324 g/mol. The van der Waals surface area contributed by atoms with Crippen molar-refractivity contribution in [3.63, 3.8) is 0 Å². The summed E-state index contributed by atoms with van der Waals surface area (Å²) in [6.07, 6.45) is 0. The van der Waals surface area contributed by atoms with E-state index in [1.807, 2.05) is 13.1 Å². The van der Waals surface area contributed by atoms with Crippen LogP contribution in [0.15, 0.2) is 16.9 Å². The molecule has 19 heavy (non-hydrogen) atoms. The molecule has 1 heterocycles. The lowest BCUT2D eigenvalue weighted by Crippen LogP contribution is -2.07. The summed E-state index contributed by atoms with van der Waals surface area (Å²) in [6, 6.07) is 4.05. The maximum Gasteiger partial charge on any atom is 0.175 e. The fourth-order valence-corrected chi connectivity index (χ4v) is 2.59. The van der Waals surface area contributed by atoms with E-state index in [1.54, 1.807) is 7.11 Å². The third kappa shape index (κ3) is 2.67. The molecule has 102 valence electrons. The van der Waals surface area contributed by atoms with E-state index < -0.39 is 0 Å². The largest absolute Gasteiger partial charge is 0.496 e. The zero-order valence-electron chi connectivity index (χ0n) is 11.6. The number of nitrogens with one attached hydrogen (secondary N) is 2. The van der Waals surface area contributed by atoms with E-state index >= 15 is 0 Å². The van der Waals surface area contributed by atoms with Gasteiger partial charge in [-0.25, -0.2) is 4.98 Å². The molecule has 0 saturated carbocycles. The van der Waals surface area contributed by atoms with Gasteiger partial charge in [-0.1, -0.05) is 0 Å². The monoisotopic (exact) mass is 323 g/mol. The van der Waals surface area contributed by atoms with E-state index in [1.165, 1.54) is 5.56 Å². The predicted molar refractivity (Wildman–Crippen MR) is 80.5 cm³/mol. The molecule has 0 radical (unpaired) electrons. The maximum atomic E-state index is 5.35. The first-order valence-electron chi connectivity index (χ1n) is 6.12. The Kier molecular flexibility index (Phi) is 4.27. The Morgan fingerprint density at radius 2 is 2.05 bits per heavy atom. The summed E-state index contributed by atoms with van der Waals surface area (Å²) in [5.41, 5.74) is 5.52. The summed E-state index contributed by atoms with van der Waals surface area (Å²) in [5.74, 6) is 0.908. The number of halogens is 1. The molecular weight excluding hydrogens is 306 g/mol. The lowest BCUT2D eigenvalue weighted by molar-refractivity contribution is 0.411. The summed E-state index contributed by atoms with van der Waals surface area (Å²) in [4.78, 5) is 7.77. The first kappa shape index (κ1) is 14.1. The first-order chi connectivity index (χ1) is 9.08. The van der Waals surface area contributed by atoms with Crippen molar-refractivity contribution in [1.82, 2.24) is 15.3 Å². The molecule has 5 heteroatoms. The summed E-state index contributed by atoms with van der Waals surface area (Å²) < 4.78 is 6.10. The molecule has 2 rings (SSSR count). The van der Waals surface area contributed by atoms with Gasteiger partial charge in [0.25, 0.3) is 0 Å².